The summed E-state index contributed by atoms with van der Waals surface area (Å²) in [4.78, 5) is 13.9. The predicted octanol–water partition coefficient (Wildman–Crippen LogP) is 1.61. The molecule has 21 heavy (non-hydrogen) atoms. The molecule has 0 saturated carbocycles. The SMILES string of the molecule is N#Cc1ncn(CCOc2cccc([N+](=O)[O-])c2)c1C#N. The van der Waals surface area contributed by atoms with Crippen LogP contribution >= 0.6 is 0 Å². The Balaban J connectivity index is 2.01. The van der Waals surface area contributed by atoms with E-state index in [0.29, 0.717) is 12.3 Å². The predicted molar refractivity (Wildman–Crippen MR) is 70.2 cm³/mol. The van der Waals surface area contributed by atoms with Crippen LogP contribution in [0.25, 0.3) is 0 Å². The molecule has 2 aromatic rings. The summed E-state index contributed by atoms with van der Waals surface area (Å²) in [6.45, 7) is 0.497. The summed E-state index contributed by atoms with van der Waals surface area (Å²) < 4.78 is 6.89. The molecule has 0 radical (unpaired) electrons. The van der Waals surface area contributed by atoms with E-state index in [1.54, 1.807) is 6.07 Å². The van der Waals surface area contributed by atoms with Crippen molar-refractivity contribution in [3.8, 4) is 17.9 Å². The Labute approximate surface area is 119 Å². The van der Waals surface area contributed by atoms with Crippen LogP contribution in [-0.2, 0) is 6.54 Å². The average Bonchev–Trinajstić information content (AvgIpc) is 2.89. The molecule has 0 unspecified atom stereocenters. The number of hydrogen-bond donors (Lipinski definition) is 0. The Bertz CT molecular complexity index is 754. The molecule has 0 amide bonds. The number of aromatic nitrogens is 2. The third-order valence-electron chi connectivity index (χ3n) is 2.68. The zero-order valence-electron chi connectivity index (χ0n) is 10.8. The number of benzene rings is 1. The van der Waals surface area contributed by atoms with Crippen molar-refractivity contribution < 1.29 is 9.66 Å². The fourth-order valence-corrected chi connectivity index (χ4v) is 1.70. The van der Waals surface area contributed by atoms with Gasteiger partial charge in [-0.15, -0.1) is 0 Å². The van der Waals surface area contributed by atoms with Gasteiger partial charge in [0.1, 0.15) is 24.5 Å². The van der Waals surface area contributed by atoms with E-state index in [9.17, 15) is 10.1 Å². The third kappa shape index (κ3) is 3.14. The summed E-state index contributed by atoms with van der Waals surface area (Å²) in [5, 5.41) is 28.4. The number of imidazole rings is 1. The second-order valence-corrected chi connectivity index (χ2v) is 3.96. The molecule has 8 nitrogen and oxygen atoms in total. The first-order valence-electron chi connectivity index (χ1n) is 5.88. The minimum atomic E-state index is -0.504. The van der Waals surface area contributed by atoms with Gasteiger partial charge in [-0.1, -0.05) is 6.07 Å². The summed E-state index contributed by atoms with van der Waals surface area (Å²) in [5.74, 6) is 0.364. The molecule has 0 fully saturated rings. The normalized spacial score (nSPS) is 9.62. The van der Waals surface area contributed by atoms with Crippen molar-refractivity contribution in [1.29, 1.82) is 10.5 Å². The van der Waals surface area contributed by atoms with Crippen molar-refractivity contribution in [2.45, 2.75) is 6.54 Å². The lowest BCUT2D eigenvalue weighted by Crippen LogP contribution is -2.09. The maximum atomic E-state index is 10.6. The van der Waals surface area contributed by atoms with Crippen LogP contribution in [0.4, 0.5) is 5.69 Å². The average molecular weight is 283 g/mol. The molecular weight excluding hydrogens is 274 g/mol. The number of ether oxygens (including phenoxy) is 1. The molecule has 0 atom stereocenters. The van der Waals surface area contributed by atoms with Crippen LogP contribution < -0.4 is 4.74 Å². The monoisotopic (exact) mass is 283 g/mol. The van der Waals surface area contributed by atoms with Crippen LogP contribution in [0.5, 0.6) is 5.75 Å². The highest BCUT2D eigenvalue weighted by molar-refractivity contribution is 5.38. The first kappa shape index (κ1) is 14.0. The highest BCUT2D eigenvalue weighted by Gasteiger charge is 2.10. The van der Waals surface area contributed by atoms with Gasteiger partial charge in [0.15, 0.2) is 11.4 Å². The van der Waals surface area contributed by atoms with Crippen molar-refractivity contribution in [2.24, 2.45) is 0 Å². The van der Waals surface area contributed by atoms with Gasteiger partial charge < -0.3 is 9.30 Å². The highest BCUT2D eigenvalue weighted by atomic mass is 16.6. The van der Waals surface area contributed by atoms with Gasteiger partial charge in [0.05, 0.1) is 23.9 Å². The fourth-order valence-electron chi connectivity index (χ4n) is 1.70. The lowest BCUT2D eigenvalue weighted by Gasteiger charge is -2.07. The second-order valence-electron chi connectivity index (χ2n) is 3.96. The van der Waals surface area contributed by atoms with Crippen LogP contribution in [0, 0.1) is 32.8 Å². The Hall–Kier alpha value is -3.39. The fraction of sp³-hybridized carbons (Fsp3) is 0.154. The highest BCUT2D eigenvalue weighted by Crippen LogP contribution is 2.19. The number of nitriles is 2. The Morgan fingerprint density at radius 3 is 2.86 bits per heavy atom. The molecule has 0 N–H and O–H groups in total. The summed E-state index contributed by atoms with van der Waals surface area (Å²) in [5.41, 5.74) is 0.174. The molecule has 1 heterocycles. The zero-order valence-corrected chi connectivity index (χ0v) is 10.8. The standard InChI is InChI=1S/C13H9N5O3/c14-7-12-13(8-15)17(9-16-12)4-5-21-11-3-1-2-10(6-11)18(19)20/h1-3,6,9H,4-5H2. The smallest absolute Gasteiger partial charge is 0.273 e. The maximum Gasteiger partial charge on any atom is 0.273 e. The van der Waals surface area contributed by atoms with E-state index >= 15 is 0 Å². The molecule has 1 aromatic heterocycles. The van der Waals surface area contributed by atoms with Crippen molar-refractivity contribution in [3.05, 3.63) is 52.1 Å². The first-order valence-corrected chi connectivity index (χ1v) is 5.88. The van der Waals surface area contributed by atoms with Crippen LogP contribution in [0.15, 0.2) is 30.6 Å². The van der Waals surface area contributed by atoms with E-state index in [0.717, 1.165) is 0 Å². The van der Waals surface area contributed by atoms with Gasteiger partial charge in [0.2, 0.25) is 0 Å². The van der Waals surface area contributed by atoms with E-state index in [1.165, 1.54) is 29.1 Å². The van der Waals surface area contributed by atoms with Crippen LogP contribution in [0.1, 0.15) is 11.4 Å². The van der Waals surface area contributed by atoms with Crippen molar-refractivity contribution in [3.63, 3.8) is 0 Å². The van der Waals surface area contributed by atoms with Gasteiger partial charge in [-0.3, -0.25) is 10.1 Å². The molecule has 0 spiro atoms. The molecule has 0 aliphatic heterocycles. The molecule has 0 aliphatic carbocycles. The van der Waals surface area contributed by atoms with E-state index in [2.05, 4.69) is 4.98 Å². The second kappa shape index (κ2) is 6.17. The lowest BCUT2D eigenvalue weighted by atomic mass is 10.3. The molecular formula is C13H9N5O3. The van der Waals surface area contributed by atoms with Gasteiger partial charge >= 0.3 is 0 Å². The number of hydrogen-bond acceptors (Lipinski definition) is 6. The minimum absolute atomic E-state index is 0.0559. The zero-order chi connectivity index (χ0) is 15.2. The number of nitro groups is 1. The molecule has 104 valence electrons. The van der Waals surface area contributed by atoms with Gasteiger partial charge in [-0.2, -0.15) is 10.5 Å². The first-order chi connectivity index (χ1) is 10.2. The summed E-state index contributed by atoms with van der Waals surface area (Å²) >= 11 is 0. The van der Waals surface area contributed by atoms with Crippen LogP contribution in [0.2, 0.25) is 0 Å². The Morgan fingerprint density at radius 2 is 2.19 bits per heavy atom. The van der Waals surface area contributed by atoms with E-state index in [4.69, 9.17) is 15.3 Å². The largest absolute Gasteiger partial charge is 0.491 e. The maximum absolute atomic E-state index is 10.6. The Morgan fingerprint density at radius 1 is 1.38 bits per heavy atom. The molecule has 1 aromatic carbocycles. The molecule has 2 rings (SSSR count). The van der Waals surface area contributed by atoms with Crippen molar-refractivity contribution in [1.82, 2.24) is 9.55 Å². The summed E-state index contributed by atoms with van der Waals surface area (Å²) in [6.07, 6.45) is 1.38. The molecule has 8 heteroatoms. The topological polar surface area (TPSA) is 118 Å². The number of non-ortho nitro benzene ring substituents is 1. The van der Waals surface area contributed by atoms with Gasteiger partial charge in [0.25, 0.3) is 5.69 Å². The number of rotatable bonds is 5. The van der Waals surface area contributed by atoms with Crippen LogP contribution in [0.3, 0.4) is 0 Å². The minimum Gasteiger partial charge on any atom is -0.491 e. The quantitative estimate of drug-likeness (QED) is 0.607. The Kier molecular flexibility index (Phi) is 4.12. The number of nitro benzene ring substituents is 1. The van der Waals surface area contributed by atoms with E-state index in [1.807, 2.05) is 12.1 Å². The van der Waals surface area contributed by atoms with E-state index < -0.39 is 4.92 Å². The third-order valence-corrected chi connectivity index (χ3v) is 2.68. The lowest BCUT2D eigenvalue weighted by molar-refractivity contribution is -0.384. The van der Waals surface area contributed by atoms with E-state index in [-0.39, 0.29) is 23.7 Å². The summed E-state index contributed by atoms with van der Waals surface area (Å²) in [6, 6.07) is 9.55. The van der Waals surface area contributed by atoms with Crippen molar-refractivity contribution >= 4 is 5.69 Å². The van der Waals surface area contributed by atoms with Gasteiger partial charge in [-0.05, 0) is 6.07 Å². The summed E-state index contributed by atoms with van der Waals surface area (Å²) in [7, 11) is 0. The van der Waals surface area contributed by atoms with Crippen LogP contribution in [-0.4, -0.2) is 21.1 Å². The van der Waals surface area contributed by atoms with Gasteiger partial charge in [0, 0.05) is 6.07 Å². The number of nitrogens with zero attached hydrogens (tertiary/aromatic N) is 5. The van der Waals surface area contributed by atoms with Gasteiger partial charge in [-0.25, -0.2) is 4.98 Å². The van der Waals surface area contributed by atoms with Crippen molar-refractivity contribution in [2.75, 3.05) is 6.61 Å². The molecule has 0 bridgehead atoms. The molecule has 0 aliphatic rings. The molecule has 0 saturated heterocycles.